The van der Waals surface area contributed by atoms with Crippen molar-refractivity contribution in [2.75, 3.05) is 45.8 Å². The SMILES string of the molecule is CC(C)N1CCN(C(=O)c2cccc(S(=O)(=O)N3CCNC(=O)C3)c2)CC1. The van der Waals surface area contributed by atoms with Gasteiger partial charge >= 0.3 is 0 Å². The predicted octanol–water partition coefficient (Wildman–Crippen LogP) is -0.0267. The predicted molar refractivity (Wildman–Crippen MR) is 101 cm³/mol. The topological polar surface area (TPSA) is 90.0 Å². The quantitative estimate of drug-likeness (QED) is 0.775. The molecule has 0 aromatic heterocycles. The second-order valence-corrected chi connectivity index (χ2v) is 9.08. The molecule has 2 heterocycles. The second-order valence-electron chi connectivity index (χ2n) is 7.14. The lowest BCUT2D eigenvalue weighted by molar-refractivity contribution is -0.122. The Bertz CT molecular complexity index is 816. The zero-order chi connectivity index (χ0) is 19.6. The van der Waals surface area contributed by atoms with Gasteiger partial charge in [0.15, 0.2) is 0 Å². The number of rotatable bonds is 4. The van der Waals surface area contributed by atoms with Gasteiger partial charge in [0.2, 0.25) is 15.9 Å². The van der Waals surface area contributed by atoms with Crippen LogP contribution in [0.5, 0.6) is 0 Å². The van der Waals surface area contributed by atoms with Gasteiger partial charge in [-0.2, -0.15) is 4.31 Å². The molecule has 8 nitrogen and oxygen atoms in total. The van der Waals surface area contributed by atoms with E-state index in [0.29, 0.717) is 24.7 Å². The fraction of sp³-hybridized carbons (Fsp3) is 0.556. The zero-order valence-electron chi connectivity index (χ0n) is 15.7. The Morgan fingerprint density at radius 3 is 2.44 bits per heavy atom. The molecule has 0 bridgehead atoms. The summed E-state index contributed by atoms with van der Waals surface area (Å²) in [7, 11) is -3.81. The molecule has 1 aromatic carbocycles. The smallest absolute Gasteiger partial charge is 0.253 e. The van der Waals surface area contributed by atoms with Gasteiger partial charge < -0.3 is 10.2 Å². The lowest BCUT2D eigenvalue weighted by Gasteiger charge is -2.37. The third-order valence-corrected chi connectivity index (χ3v) is 6.90. The monoisotopic (exact) mass is 394 g/mol. The van der Waals surface area contributed by atoms with E-state index >= 15 is 0 Å². The van der Waals surface area contributed by atoms with Crippen LogP contribution in [-0.4, -0.2) is 86.2 Å². The number of benzene rings is 1. The molecule has 0 spiro atoms. The molecule has 1 aromatic rings. The highest BCUT2D eigenvalue weighted by molar-refractivity contribution is 7.89. The van der Waals surface area contributed by atoms with E-state index < -0.39 is 10.0 Å². The molecule has 2 fully saturated rings. The molecule has 27 heavy (non-hydrogen) atoms. The summed E-state index contributed by atoms with van der Waals surface area (Å²) >= 11 is 0. The van der Waals surface area contributed by atoms with Gasteiger partial charge in [-0.15, -0.1) is 0 Å². The van der Waals surface area contributed by atoms with Gasteiger partial charge in [-0.3, -0.25) is 14.5 Å². The molecule has 0 aliphatic carbocycles. The van der Waals surface area contributed by atoms with Crippen molar-refractivity contribution in [2.45, 2.75) is 24.8 Å². The number of hydrogen-bond acceptors (Lipinski definition) is 5. The molecule has 0 radical (unpaired) electrons. The van der Waals surface area contributed by atoms with Crippen LogP contribution in [0, 0.1) is 0 Å². The summed E-state index contributed by atoms with van der Waals surface area (Å²) in [4.78, 5) is 28.5. The number of piperazine rings is 2. The minimum absolute atomic E-state index is 0.0452. The highest BCUT2D eigenvalue weighted by Gasteiger charge is 2.30. The van der Waals surface area contributed by atoms with E-state index in [0.717, 1.165) is 17.4 Å². The van der Waals surface area contributed by atoms with Gasteiger partial charge in [0.25, 0.3) is 5.91 Å². The van der Waals surface area contributed by atoms with Crippen molar-refractivity contribution >= 4 is 21.8 Å². The van der Waals surface area contributed by atoms with Crippen LogP contribution in [0.3, 0.4) is 0 Å². The summed E-state index contributed by atoms with van der Waals surface area (Å²) < 4.78 is 26.8. The minimum atomic E-state index is -3.81. The number of nitrogens with zero attached hydrogens (tertiary/aromatic N) is 3. The Morgan fingerprint density at radius 2 is 1.81 bits per heavy atom. The number of nitrogens with one attached hydrogen (secondary N) is 1. The Balaban J connectivity index is 1.75. The summed E-state index contributed by atoms with van der Waals surface area (Å²) in [6.07, 6.45) is 0. The van der Waals surface area contributed by atoms with Crippen molar-refractivity contribution in [1.29, 1.82) is 0 Å². The first-order valence-corrected chi connectivity index (χ1v) is 10.6. The number of amides is 2. The molecule has 2 amide bonds. The molecule has 9 heteroatoms. The first-order valence-electron chi connectivity index (χ1n) is 9.19. The molecular formula is C18H26N4O4S. The third kappa shape index (κ3) is 4.31. The molecule has 2 aliphatic heterocycles. The van der Waals surface area contributed by atoms with Crippen molar-refractivity contribution in [3.8, 4) is 0 Å². The van der Waals surface area contributed by atoms with E-state index in [1.165, 1.54) is 12.1 Å². The molecule has 2 aliphatic rings. The summed E-state index contributed by atoms with van der Waals surface area (Å²) in [5, 5.41) is 2.61. The largest absolute Gasteiger partial charge is 0.354 e. The van der Waals surface area contributed by atoms with Gasteiger partial charge in [-0.1, -0.05) is 6.07 Å². The molecule has 0 unspecified atom stereocenters. The molecule has 0 saturated carbocycles. The normalized spacial score (nSPS) is 20.0. The molecule has 2 saturated heterocycles. The molecule has 148 valence electrons. The minimum Gasteiger partial charge on any atom is -0.354 e. The Morgan fingerprint density at radius 1 is 1.11 bits per heavy atom. The fourth-order valence-electron chi connectivity index (χ4n) is 3.38. The van der Waals surface area contributed by atoms with Crippen LogP contribution >= 0.6 is 0 Å². The average Bonchev–Trinajstić information content (AvgIpc) is 2.67. The van der Waals surface area contributed by atoms with Crippen LogP contribution in [0.25, 0.3) is 0 Å². The number of hydrogen-bond donors (Lipinski definition) is 1. The highest BCUT2D eigenvalue weighted by Crippen LogP contribution is 2.19. The Labute approximate surface area is 160 Å². The van der Waals surface area contributed by atoms with E-state index in [1.54, 1.807) is 17.0 Å². The van der Waals surface area contributed by atoms with Crippen LogP contribution in [0.1, 0.15) is 24.2 Å². The molecule has 3 rings (SSSR count). The lowest BCUT2D eigenvalue weighted by Crippen LogP contribution is -2.50. The number of sulfonamides is 1. The van der Waals surface area contributed by atoms with Gasteiger partial charge in [0.1, 0.15) is 0 Å². The Kier molecular flexibility index (Phi) is 5.83. The zero-order valence-corrected chi connectivity index (χ0v) is 16.5. The molecular weight excluding hydrogens is 368 g/mol. The summed E-state index contributed by atoms with van der Waals surface area (Å²) in [5.41, 5.74) is 0.357. The lowest BCUT2D eigenvalue weighted by atomic mass is 10.1. The van der Waals surface area contributed by atoms with Crippen LogP contribution in [0.2, 0.25) is 0 Å². The molecule has 1 N–H and O–H groups in total. The van der Waals surface area contributed by atoms with Crippen molar-refractivity contribution < 1.29 is 18.0 Å². The number of carbonyl (C=O) groups is 2. The average molecular weight is 394 g/mol. The maximum atomic E-state index is 12.8. The van der Waals surface area contributed by atoms with Crippen molar-refractivity contribution in [2.24, 2.45) is 0 Å². The maximum Gasteiger partial charge on any atom is 0.253 e. The fourth-order valence-corrected chi connectivity index (χ4v) is 4.83. The van der Waals surface area contributed by atoms with E-state index in [4.69, 9.17) is 0 Å². The highest BCUT2D eigenvalue weighted by atomic mass is 32.2. The van der Waals surface area contributed by atoms with Crippen molar-refractivity contribution in [3.05, 3.63) is 29.8 Å². The van der Waals surface area contributed by atoms with E-state index in [-0.39, 0.29) is 36.3 Å². The van der Waals surface area contributed by atoms with Gasteiger partial charge in [-0.25, -0.2) is 8.42 Å². The van der Waals surface area contributed by atoms with E-state index in [9.17, 15) is 18.0 Å². The van der Waals surface area contributed by atoms with Crippen LogP contribution < -0.4 is 5.32 Å². The van der Waals surface area contributed by atoms with Crippen LogP contribution in [0.4, 0.5) is 0 Å². The standard InChI is InChI=1S/C18H26N4O4S/c1-14(2)20-8-10-21(11-9-20)18(24)15-4-3-5-16(12-15)27(25,26)22-7-6-19-17(23)13-22/h3-5,12,14H,6-11,13H2,1-2H3,(H,19,23). The van der Waals surface area contributed by atoms with E-state index in [1.807, 2.05) is 0 Å². The summed E-state index contributed by atoms with van der Waals surface area (Å²) in [6, 6.07) is 6.54. The number of carbonyl (C=O) groups excluding carboxylic acids is 2. The first-order chi connectivity index (χ1) is 12.8. The first kappa shape index (κ1) is 19.8. The van der Waals surface area contributed by atoms with Gasteiger partial charge in [0, 0.05) is 50.9 Å². The van der Waals surface area contributed by atoms with Crippen molar-refractivity contribution in [3.63, 3.8) is 0 Å². The van der Waals surface area contributed by atoms with Gasteiger partial charge in [0.05, 0.1) is 11.4 Å². The maximum absolute atomic E-state index is 12.8. The van der Waals surface area contributed by atoms with Gasteiger partial charge in [-0.05, 0) is 32.0 Å². The van der Waals surface area contributed by atoms with Crippen molar-refractivity contribution in [1.82, 2.24) is 19.4 Å². The summed E-state index contributed by atoms with van der Waals surface area (Å²) in [6.45, 7) is 7.45. The molecule has 0 atom stereocenters. The Hall–Kier alpha value is -1.97. The second kappa shape index (κ2) is 7.95. The third-order valence-electron chi connectivity index (χ3n) is 5.05. The van der Waals surface area contributed by atoms with Crippen LogP contribution in [-0.2, 0) is 14.8 Å². The van der Waals surface area contributed by atoms with E-state index in [2.05, 4.69) is 24.1 Å². The van der Waals surface area contributed by atoms with Crippen LogP contribution in [0.15, 0.2) is 29.2 Å². The summed E-state index contributed by atoms with van der Waals surface area (Å²) in [5.74, 6) is -0.480.